The molecule has 0 spiro atoms. The van der Waals surface area contributed by atoms with Crippen LogP contribution in [-0.2, 0) is 4.74 Å². The number of aliphatic hydroxyl groups is 3. The molecule has 0 aromatic rings. The molecule has 6 nitrogen and oxygen atoms in total. The fraction of sp³-hybridized carbons (Fsp3) is 1.00. The summed E-state index contributed by atoms with van der Waals surface area (Å²) in [5, 5.41) is 29.5. The summed E-state index contributed by atoms with van der Waals surface area (Å²) in [7, 11) is 0. The second-order valence-electron chi connectivity index (χ2n) is 3.69. The molecule has 2 atom stereocenters. The van der Waals surface area contributed by atoms with Crippen LogP contribution in [0.25, 0.3) is 0 Å². The monoisotopic (exact) mass is 236 g/mol. The van der Waals surface area contributed by atoms with E-state index in [4.69, 9.17) is 20.7 Å². The van der Waals surface area contributed by atoms with Gasteiger partial charge in [0, 0.05) is 0 Å². The topological polar surface area (TPSA) is 108 Å². The molecule has 0 saturated heterocycles. The van der Waals surface area contributed by atoms with E-state index >= 15 is 0 Å². The fourth-order valence-electron chi connectivity index (χ4n) is 1.24. The maximum Gasteiger partial charge on any atom is 0.128 e. The summed E-state index contributed by atoms with van der Waals surface area (Å²) in [5.74, 6) is 0. The number of hydrogen-bond donors (Lipinski definition) is 5. The summed E-state index contributed by atoms with van der Waals surface area (Å²) in [6.07, 6.45) is 1.98. The molecule has 6 heteroatoms. The standard InChI is InChI=1S/C10H24N2O4/c11-9(14)4-2-1-3-5-12-10(15)8-16-7-6-13/h9-10,12-15H,1-8,11H2/t9?,10-/m0/s1. The first-order valence-corrected chi connectivity index (χ1v) is 5.70. The van der Waals surface area contributed by atoms with Gasteiger partial charge in [-0.1, -0.05) is 6.42 Å². The van der Waals surface area contributed by atoms with Crippen molar-refractivity contribution in [2.24, 2.45) is 5.73 Å². The number of unbranched alkanes of at least 4 members (excludes halogenated alkanes) is 2. The third-order valence-corrected chi connectivity index (χ3v) is 2.07. The molecule has 1 unspecified atom stereocenters. The Balaban J connectivity index is 3.12. The molecule has 0 aliphatic rings. The molecule has 0 aromatic carbocycles. The molecule has 0 radical (unpaired) electrons. The number of rotatable bonds is 11. The van der Waals surface area contributed by atoms with Crippen LogP contribution in [-0.4, -0.2) is 54.1 Å². The molecule has 0 heterocycles. The maximum absolute atomic E-state index is 9.34. The second-order valence-corrected chi connectivity index (χ2v) is 3.69. The summed E-state index contributed by atoms with van der Waals surface area (Å²) in [5.41, 5.74) is 5.19. The lowest BCUT2D eigenvalue weighted by molar-refractivity contribution is 0.00642. The average Bonchev–Trinajstić information content (AvgIpc) is 2.23. The van der Waals surface area contributed by atoms with E-state index in [9.17, 15) is 5.11 Å². The van der Waals surface area contributed by atoms with E-state index in [-0.39, 0.29) is 19.8 Å². The van der Waals surface area contributed by atoms with Crippen molar-refractivity contribution in [1.29, 1.82) is 0 Å². The summed E-state index contributed by atoms with van der Waals surface area (Å²) in [6.45, 7) is 1.09. The Morgan fingerprint density at radius 3 is 2.56 bits per heavy atom. The molecule has 0 aliphatic heterocycles. The van der Waals surface area contributed by atoms with E-state index in [0.717, 1.165) is 19.3 Å². The first kappa shape index (κ1) is 15.8. The van der Waals surface area contributed by atoms with Crippen molar-refractivity contribution in [3.8, 4) is 0 Å². The number of aliphatic hydroxyl groups excluding tert-OH is 3. The highest BCUT2D eigenvalue weighted by molar-refractivity contribution is 4.54. The van der Waals surface area contributed by atoms with Gasteiger partial charge >= 0.3 is 0 Å². The van der Waals surface area contributed by atoms with Gasteiger partial charge in [-0.3, -0.25) is 5.32 Å². The van der Waals surface area contributed by atoms with Crippen LogP contribution in [0.5, 0.6) is 0 Å². The van der Waals surface area contributed by atoms with E-state index in [1.54, 1.807) is 0 Å². The SMILES string of the molecule is NC(O)CCCCCN[C@@H](O)COCCO. The van der Waals surface area contributed by atoms with Crippen molar-refractivity contribution in [3.63, 3.8) is 0 Å². The van der Waals surface area contributed by atoms with Gasteiger partial charge < -0.3 is 25.8 Å². The van der Waals surface area contributed by atoms with Crippen LogP contribution in [0, 0.1) is 0 Å². The largest absolute Gasteiger partial charge is 0.394 e. The fourth-order valence-corrected chi connectivity index (χ4v) is 1.24. The van der Waals surface area contributed by atoms with Gasteiger partial charge in [0.05, 0.1) is 19.8 Å². The third-order valence-electron chi connectivity index (χ3n) is 2.07. The highest BCUT2D eigenvalue weighted by Gasteiger charge is 2.02. The minimum Gasteiger partial charge on any atom is -0.394 e. The summed E-state index contributed by atoms with van der Waals surface area (Å²) >= 11 is 0. The molecule has 0 fully saturated rings. The van der Waals surface area contributed by atoms with Crippen LogP contribution in [0.3, 0.4) is 0 Å². The Bertz CT molecular complexity index is 147. The van der Waals surface area contributed by atoms with Gasteiger partial charge in [0.25, 0.3) is 0 Å². The van der Waals surface area contributed by atoms with Gasteiger partial charge in [-0.25, -0.2) is 0 Å². The molecule has 0 aromatic heterocycles. The predicted molar refractivity (Wildman–Crippen MR) is 60.6 cm³/mol. The predicted octanol–water partition coefficient (Wildman–Crippen LogP) is -1.26. The highest BCUT2D eigenvalue weighted by Crippen LogP contribution is 2.00. The molecule has 0 rings (SSSR count). The Morgan fingerprint density at radius 1 is 1.19 bits per heavy atom. The smallest absolute Gasteiger partial charge is 0.128 e. The van der Waals surface area contributed by atoms with Gasteiger partial charge in [0.1, 0.15) is 12.5 Å². The molecular weight excluding hydrogens is 212 g/mol. The Kier molecular flexibility index (Phi) is 11.1. The van der Waals surface area contributed by atoms with E-state index < -0.39 is 12.5 Å². The lowest BCUT2D eigenvalue weighted by atomic mass is 10.2. The van der Waals surface area contributed by atoms with Crippen LogP contribution in [0.4, 0.5) is 0 Å². The molecule has 0 aliphatic carbocycles. The highest BCUT2D eigenvalue weighted by atomic mass is 16.5. The van der Waals surface area contributed by atoms with Crippen molar-refractivity contribution < 1.29 is 20.1 Å². The third kappa shape index (κ3) is 11.8. The molecule has 0 bridgehead atoms. The van der Waals surface area contributed by atoms with E-state index in [0.29, 0.717) is 13.0 Å². The van der Waals surface area contributed by atoms with Gasteiger partial charge in [-0.15, -0.1) is 0 Å². The zero-order chi connectivity index (χ0) is 12.2. The molecule has 16 heavy (non-hydrogen) atoms. The minimum absolute atomic E-state index is 0.0336. The van der Waals surface area contributed by atoms with Crippen molar-refractivity contribution in [2.75, 3.05) is 26.4 Å². The number of hydrogen-bond acceptors (Lipinski definition) is 6. The van der Waals surface area contributed by atoms with Crippen LogP contribution >= 0.6 is 0 Å². The zero-order valence-corrected chi connectivity index (χ0v) is 9.64. The summed E-state index contributed by atoms with van der Waals surface area (Å²) in [4.78, 5) is 0. The number of nitrogens with two attached hydrogens (primary N) is 1. The van der Waals surface area contributed by atoms with E-state index in [1.165, 1.54) is 0 Å². The summed E-state index contributed by atoms with van der Waals surface area (Å²) in [6, 6.07) is 0. The minimum atomic E-state index is -0.717. The normalized spacial score (nSPS) is 15.0. The van der Waals surface area contributed by atoms with Crippen molar-refractivity contribution in [3.05, 3.63) is 0 Å². The quantitative estimate of drug-likeness (QED) is 0.226. The molecule has 6 N–H and O–H groups in total. The van der Waals surface area contributed by atoms with Crippen molar-refractivity contribution >= 4 is 0 Å². The van der Waals surface area contributed by atoms with Gasteiger partial charge in [0.15, 0.2) is 0 Å². The lowest BCUT2D eigenvalue weighted by Gasteiger charge is -2.12. The first-order chi connectivity index (χ1) is 7.66. The van der Waals surface area contributed by atoms with E-state index in [2.05, 4.69) is 5.32 Å². The number of ether oxygens (including phenoxy) is 1. The first-order valence-electron chi connectivity index (χ1n) is 5.70. The Morgan fingerprint density at radius 2 is 1.94 bits per heavy atom. The molecule has 0 amide bonds. The average molecular weight is 236 g/mol. The van der Waals surface area contributed by atoms with Gasteiger partial charge in [-0.2, -0.15) is 0 Å². The lowest BCUT2D eigenvalue weighted by Crippen LogP contribution is -2.34. The van der Waals surface area contributed by atoms with Crippen molar-refractivity contribution in [2.45, 2.75) is 38.1 Å². The maximum atomic E-state index is 9.34. The Labute approximate surface area is 96.4 Å². The van der Waals surface area contributed by atoms with E-state index in [1.807, 2.05) is 0 Å². The second kappa shape index (κ2) is 11.3. The van der Waals surface area contributed by atoms with Gasteiger partial charge in [0.2, 0.25) is 0 Å². The zero-order valence-electron chi connectivity index (χ0n) is 9.64. The number of nitrogens with one attached hydrogen (secondary N) is 1. The van der Waals surface area contributed by atoms with Gasteiger partial charge in [-0.05, 0) is 25.8 Å². The van der Waals surface area contributed by atoms with Crippen LogP contribution < -0.4 is 11.1 Å². The Hall–Kier alpha value is -0.240. The molecule has 0 saturated carbocycles. The molecule has 98 valence electrons. The summed E-state index contributed by atoms with van der Waals surface area (Å²) < 4.78 is 4.94. The van der Waals surface area contributed by atoms with Crippen LogP contribution in [0.15, 0.2) is 0 Å². The van der Waals surface area contributed by atoms with Crippen molar-refractivity contribution in [1.82, 2.24) is 5.32 Å². The van der Waals surface area contributed by atoms with Crippen LogP contribution in [0.2, 0.25) is 0 Å². The molecular formula is C10H24N2O4. The van der Waals surface area contributed by atoms with Crippen LogP contribution in [0.1, 0.15) is 25.7 Å².